The molecule has 0 aromatic heterocycles. The van der Waals surface area contributed by atoms with Crippen LogP contribution >= 0.6 is 0 Å². The van der Waals surface area contributed by atoms with Gasteiger partial charge in [0.1, 0.15) is 5.75 Å². The van der Waals surface area contributed by atoms with Gasteiger partial charge >= 0.3 is 6.11 Å². The highest BCUT2D eigenvalue weighted by molar-refractivity contribution is 5.65. The fraction of sp³-hybridized carbons (Fsp3) is 0.167. The molecule has 0 atom stereocenters. The van der Waals surface area contributed by atoms with Crippen LogP contribution in [0.4, 0.5) is 30.7 Å². The smallest absolute Gasteiger partial charge is 0.426 e. The number of hydrogen-bond acceptors (Lipinski definition) is 1. The zero-order valence-electron chi connectivity index (χ0n) is 16.7. The number of allylic oxidation sites excluding steroid dienone is 2. The van der Waals surface area contributed by atoms with Crippen LogP contribution in [0, 0.1) is 29.1 Å². The van der Waals surface area contributed by atoms with Crippen molar-refractivity contribution in [3.05, 3.63) is 101 Å². The topological polar surface area (TPSA) is 9.23 Å². The molecule has 0 aliphatic heterocycles. The van der Waals surface area contributed by atoms with E-state index in [0.717, 1.165) is 24.3 Å². The number of ether oxygens (including phenoxy) is 1. The Labute approximate surface area is 179 Å². The first-order valence-electron chi connectivity index (χ1n) is 9.54. The van der Waals surface area contributed by atoms with Crippen molar-refractivity contribution in [3.8, 4) is 16.9 Å². The molecule has 8 heteroatoms. The zero-order valence-corrected chi connectivity index (χ0v) is 16.7. The fourth-order valence-corrected chi connectivity index (χ4v) is 3.05. The third kappa shape index (κ3) is 4.95. The lowest BCUT2D eigenvalue weighted by atomic mass is 9.99. The molecule has 0 aliphatic carbocycles. The van der Waals surface area contributed by atoms with Gasteiger partial charge in [-0.2, -0.15) is 8.78 Å². The molecule has 0 spiro atoms. The predicted octanol–water partition coefficient (Wildman–Crippen LogP) is 7.69. The molecular formula is C24H17F7O. The van der Waals surface area contributed by atoms with Crippen LogP contribution < -0.4 is 4.74 Å². The summed E-state index contributed by atoms with van der Waals surface area (Å²) in [6, 6.07) is 7.45. The van der Waals surface area contributed by atoms with Gasteiger partial charge in [0.25, 0.3) is 0 Å². The lowest BCUT2D eigenvalue weighted by molar-refractivity contribution is -0.185. The Bertz CT molecular complexity index is 1110. The molecule has 3 rings (SSSR count). The second-order valence-electron chi connectivity index (χ2n) is 6.91. The van der Waals surface area contributed by atoms with Gasteiger partial charge in [0.15, 0.2) is 29.1 Å². The van der Waals surface area contributed by atoms with Gasteiger partial charge < -0.3 is 4.74 Å². The Balaban J connectivity index is 1.83. The highest BCUT2D eigenvalue weighted by Gasteiger charge is 2.35. The summed E-state index contributed by atoms with van der Waals surface area (Å²) in [5, 5.41) is 0. The van der Waals surface area contributed by atoms with Crippen molar-refractivity contribution in [2.45, 2.75) is 25.9 Å². The first-order chi connectivity index (χ1) is 15.1. The lowest BCUT2D eigenvalue weighted by Crippen LogP contribution is -2.22. The standard InChI is InChI=1S/C24H17F7O/c1-2-3-4-5-15-8-11-18(22(28)21(15)27)14-6-9-16(10-7-14)24(30,31)32-17-12-19(25)23(29)20(26)13-17/h2-3,6-13H,4-5H2,1H3. The fourth-order valence-electron chi connectivity index (χ4n) is 3.05. The van der Waals surface area contributed by atoms with Crippen LogP contribution in [-0.2, 0) is 12.5 Å². The van der Waals surface area contributed by atoms with E-state index in [0.29, 0.717) is 12.8 Å². The zero-order chi connectivity index (χ0) is 23.5. The van der Waals surface area contributed by atoms with E-state index >= 15 is 0 Å². The van der Waals surface area contributed by atoms with Gasteiger partial charge in [-0.15, -0.1) is 0 Å². The number of benzene rings is 3. The molecule has 0 aliphatic rings. The van der Waals surface area contributed by atoms with Crippen molar-refractivity contribution in [2.24, 2.45) is 0 Å². The number of halogens is 7. The number of aryl methyl sites for hydroxylation is 1. The highest BCUT2D eigenvalue weighted by atomic mass is 19.3. The average Bonchev–Trinajstić information content (AvgIpc) is 2.75. The van der Waals surface area contributed by atoms with Crippen LogP contribution in [0.2, 0.25) is 0 Å². The Morgan fingerprint density at radius 1 is 0.812 bits per heavy atom. The highest BCUT2D eigenvalue weighted by Crippen LogP contribution is 2.35. The van der Waals surface area contributed by atoms with Gasteiger partial charge in [0.05, 0.1) is 5.56 Å². The molecular weight excluding hydrogens is 437 g/mol. The molecule has 0 saturated carbocycles. The van der Waals surface area contributed by atoms with Crippen LogP contribution in [0.3, 0.4) is 0 Å². The molecule has 3 aromatic carbocycles. The Hall–Kier alpha value is -3.29. The molecule has 0 amide bonds. The van der Waals surface area contributed by atoms with Crippen molar-refractivity contribution in [1.29, 1.82) is 0 Å². The summed E-state index contributed by atoms with van der Waals surface area (Å²) >= 11 is 0. The maximum atomic E-state index is 14.5. The van der Waals surface area contributed by atoms with Crippen molar-refractivity contribution in [2.75, 3.05) is 0 Å². The second kappa shape index (κ2) is 9.46. The minimum absolute atomic E-state index is 0.115. The summed E-state index contributed by atoms with van der Waals surface area (Å²) in [5.74, 6) is -8.21. The summed E-state index contributed by atoms with van der Waals surface area (Å²) < 4.78 is 101. The molecule has 3 aromatic rings. The second-order valence-corrected chi connectivity index (χ2v) is 6.91. The summed E-state index contributed by atoms with van der Waals surface area (Å²) in [6.45, 7) is 1.81. The first kappa shape index (κ1) is 23.4. The van der Waals surface area contributed by atoms with E-state index in [9.17, 15) is 30.7 Å². The van der Waals surface area contributed by atoms with E-state index in [1.54, 1.807) is 6.08 Å². The van der Waals surface area contributed by atoms with E-state index < -0.39 is 46.5 Å². The lowest BCUT2D eigenvalue weighted by Gasteiger charge is -2.19. The molecule has 0 bridgehead atoms. The van der Waals surface area contributed by atoms with Gasteiger partial charge in [-0.1, -0.05) is 36.4 Å². The molecule has 0 N–H and O–H groups in total. The third-order valence-corrected chi connectivity index (χ3v) is 4.71. The molecule has 32 heavy (non-hydrogen) atoms. The molecule has 0 unspecified atom stereocenters. The minimum Gasteiger partial charge on any atom is -0.429 e. The SMILES string of the molecule is CC=CCCc1ccc(-c2ccc(C(F)(F)Oc3cc(F)c(F)c(F)c3)cc2)c(F)c1F. The molecule has 168 valence electrons. The number of hydrogen-bond donors (Lipinski definition) is 0. The summed E-state index contributed by atoms with van der Waals surface area (Å²) in [5.41, 5.74) is -0.495. The van der Waals surface area contributed by atoms with Crippen LogP contribution in [0.25, 0.3) is 11.1 Å². The van der Waals surface area contributed by atoms with E-state index in [2.05, 4.69) is 4.74 Å². The van der Waals surface area contributed by atoms with Gasteiger partial charge in [0.2, 0.25) is 0 Å². The molecule has 0 saturated heterocycles. The van der Waals surface area contributed by atoms with Gasteiger partial charge in [-0.25, -0.2) is 22.0 Å². The van der Waals surface area contributed by atoms with Crippen molar-refractivity contribution in [3.63, 3.8) is 0 Å². The van der Waals surface area contributed by atoms with E-state index in [1.807, 2.05) is 13.0 Å². The molecule has 0 heterocycles. The molecule has 0 radical (unpaired) electrons. The maximum Gasteiger partial charge on any atom is 0.426 e. The minimum atomic E-state index is -4.03. The predicted molar refractivity (Wildman–Crippen MR) is 106 cm³/mol. The van der Waals surface area contributed by atoms with E-state index in [4.69, 9.17) is 0 Å². The van der Waals surface area contributed by atoms with Crippen LogP contribution in [-0.4, -0.2) is 0 Å². The summed E-state index contributed by atoms with van der Waals surface area (Å²) in [4.78, 5) is 0. The Morgan fingerprint density at radius 2 is 1.44 bits per heavy atom. The molecule has 0 fully saturated rings. The van der Waals surface area contributed by atoms with E-state index in [1.165, 1.54) is 12.1 Å². The van der Waals surface area contributed by atoms with Crippen molar-refractivity contribution in [1.82, 2.24) is 0 Å². The van der Waals surface area contributed by atoms with Crippen LogP contribution in [0.5, 0.6) is 5.75 Å². The largest absolute Gasteiger partial charge is 0.429 e. The maximum absolute atomic E-state index is 14.5. The normalized spacial score (nSPS) is 11.9. The van der Waals surface area contributed by atoms with Crippen molar-refractivity contribution >= 4 is 0 Å². The van der Waals surface area contributed by atoms with Gasteiger partial charge in [-0.3, -0.25) is 0 Å². The Kier molecular flexibility index (Phi) is 6.91. The number of rotatable bonds is 7. The number of alkyl halides is 2. The third-order valence-electron chi connectivity index (χ3n) is 4.71. The van der Waals surface area contributed by atoms with E-state index in [-0.39, 0.29) is 28.8 Å². The summed E-state index contributed by atoms with van der Waals surface area (Å²) in [6.07, 6.45) is 0.432. The van der Waals surface area contributed by atoms with Crippen molar-refractivity contribution < 1.29 is 35.5 Å². The monoisotopic (exact) mass is 454 g/mol. The molecule has 1 nitrogen and oxygen atoms in total. The average molecular weight is 454 g/mol. The van der Waals surface area contributed by atoms with Crippen LogP contribution in [0.15, 0.2) is 60.7 Å². The van der Waals surface area contributed by atoms with Gasteiger partial charge in [0, 0.05) is 17.7 Å². The Morgan fingerprint density at radius 3 is 2.03 bits per heavy atom. The quantitative estimate of drug-likeness (QED) is 0.202. The van der Waals surface area contributed by atoms with Crippen LogP contribution in [0.1, 0.15) is 24.5 Å². The van der Waals surface area contributed by atoms with Gasteiger partial charge in [-0.05, 0) is 43.0 Å². The first-order valence-corrected chi connectivity index (χ1v) is 9.54. The summed E-state index contributed by atoms with van der Waals surface area (Å²) in [7, 11) is 0.